The van der Waals surface area contributed by atoms with Gasteiger partial charge in [0.15, 0.2) is 0 Å². The van der Waals surface area contributed by atoms with Crippen molar-refractivity contribution in [1.29, 1.82) is 0 Å². The van der Waals surface area contributed by atoms with Crippen LogP contribution in [0.4, 0.5) is 11.4 Å². The zero-order chi connectivity index (χ0) is 26.6. The number of aryl methyl sites for hydroxylation is 1. The van der Waals surface area contributed by atoms with E-state index in [0.29, 0.717) is 32.6 Å². The van der Waals surface area contributed by atoms with E-state index in [2.05, 4.69) is 10.6 Å². The molecule has 1 aliphatic heterocycles. The van der Waals surface area contributed by atoms with Crippen LogP contribution in [0.3, 0.4) is 0 Å². The number of hydrogen-bond donors (Lipinski definition) is 2. The van der Waals surface area contributed by atoms with Crippen LogP contribution < -0.4 is 10.6 Å². The third-order valence-corrected chi connectivity index (χ3v) is 7.05. The van der Waals surface area contributed by atoms with Gasteiger partial charge in [-0.2, -0.15) is 0 Å². The first-order chi connectivity index (χ1) is 18.4. The van der Waals surface area contributed by atoms with Crippen LogP contribution in [-0.4, -0.2) is 22.6 Å². The Hall–Kier alpha value is -4.27. The third kappa shape index (κ3) is 5.66. The SMILES string of the molecule is Cc1ccc(NC2=C(Sc3cccc(NC(=O)c4cccc(Cl)c4)c3)C(=O)N(Cc3ccco3)C2=O)cc1. The molecule has 0 radical (unpaired) electrons. The van der Waals surface area contributed by atoms with Crippen LogP contribution in [0.15, 0.2) is 111 Å². The zero-order valence-electron chi connectivity index (χ0n) is 20.2. The van der Waals surface area contributed by atoms with Crippen LogP contribution >= 0.6 is 23.4 Å². The Morgan fingerprint density at radius 3 is 2.45 bits per heavy atom. The van der Waals surface area contributed by atoms with Crippen LogP contribution in [0.25, 0.3) is 0 Å². The Balaban J connectivity index is 1.41. The minimum absolute atomic E-state index is 0.0174. The highest BCUT2D eigenvalue weighted by atomic mass is 35.5. The molecule has 2 heterocycles. The molecule has 5 rings (SSSR count). The number of furan rings is 1. The second-order valence-corrected chi connectivity index (χ2v) is 10.1. The Morgan fingerprint density at radius 2 is 1.71 bits per heavy atom. The van der Waals surface area contributed by atoms with Gasteiger partial charge in [0.25, 0.3) is 17.7 Å². The van der Waals surface area contributed by atoms with Crippen molar-refractivity contribution in [2.24, 2.45) is 0 Å². The van der Waals surface area contributed by atoms with E-state index in [1.165, 1.54) is 6.26 Å². The molecule has 0 spiro atoms. The second-order valence-electron chi connectivity index (χ2n) is 8.57. The fourth-order valence-corrected chi connectivity index (χ4v) is 5.03. The lowest BCUT2D eigenvalue weighted by Gasteiger charge is -2.13. The summed E-state index contributed by atoms with van der Waals surface area (Å²) in [7, 11) is 0. The number of carbonyl (C=O) groups is 3. The Morgan fingerprint density at radius 1 is 0.921 bits per heavy atom. The molecule has 0 bridgehead atoms. The summed E-state index contributed by atoms with van der Waals surface area (Å²) in [5, 5.41) is 6.45. The fraction of sp³-hybridized carbons (Fsp3) is 0.0690. The average molecular weight is 544 g/mol. The molecule has 4 aromatic rings. The van der Waals surface area contributed by atoms with Crippen LogP contribution in [0.1, 0.15) is 21.7 Å². The number of imide groups is 1. The van der Waals surface area contributed by atoms with Crippen molar-refractivity contribution >= 4 is 52.5 Å². The quantitative estimate of drug-likeness (QED) is 0.247. The van der Waals surface area contributed by atoms with Gasteiger partial charge in [0, 0.05) is 26.9 Å². The van der Waals surface area contributed by atoms with Gasteiger partial charge in [-0.15, -0.1) is 0 Å². The molecule has 0 atom stereocenters. The highest BCUT2D eigenvalue weighted by molar-refractivity contribution is 8.04. The van der Waals surface area contributed by atoms with E-state index in [9.17, 15) is 14.4 Å². The fourth-order valence-electron chi connectivity index (χ4n) is 3.83. The van der Waals surface area contributed by atoms with Gasteiger partial charge in [0.2, 0.25) is 0 Å². The van der Waals surface area contributed by atoms with E-state index in [4.69, 9.17) is 16.0 Å². The molecule has 0 saturated heterocycles. The maximum Gasteiger partial charge on any atom is 0.278 e. The Labute approximate surface area is 228 Å². The second kappa shape index (κ2) is 11.0. The molecule has 3 aromatic carbocycles. The van der Waals surface area contributed by atoms with Gasteiger partial charge in [0.05, 0.1) is 12.8 Å². The van der Waals surface area contributed by atoms with E-state index >= 15 is 0 Å². The minimum atomic E-state index is -0.445. The van der Waals surface area contributed by atoms with Crippen molar-refractivity contribution < 1.29 is 18.8 Å². The smallest absolute Gasteiger partial charge is 0.278 e. The van der Waals surface area contributed by atoms with E-state index in [0.717, 1.165) is 22.2 Å². The molecule has 38 heavy (non-hydrogen) atoms. The van der Waals surface area contributed by atoms with Gasteiger partial charge in [-0.1, -0.05) is 53.2 Å². The van der Waals surface area contributed by atoms with Crippen LogP contribution in [0.2, 0.25) is 5.02 Å². The first-order valence-corrected chi connectivity index (χ1v) is 12.9. The molecule has 0 unspecified atom stereocenters. The summed E-state index contributed by atoms with van der Waals surface area (Å²) in [5.41, 5.74) is 2.91. The number of benzene rings is 3. The largest absolute Gasteiger partial charge is 0.467 e. The average Bonchev–Trinajstić information content (AvgIpc) is 3.49. The predicted molar refractivity (Wildman–Crippen MR) is 148 cm³/mol. The number of nitrogens with one attached hydrogen (secondary N) is 2. The Kier molecular flexibility index (Phi) is 7.35. The standard InChI is InChI=1S/C29H22ClN3O4S/c1-18-10-12-21(13-11-18)31-25-26(29(36)33(28(25)35)17-23-8-4-14-37-23)38-24-9-3-7-22(16-24)32-27(34)19-5-2-6-20(30)15-19/h2-16,31H,17H2,1H3,(H,32,34). The number of nitrogens with zero attached hydrogens (tertiary/aromatic N) is 1. The summed E-state index contributed by atoms with van der Waals surface area (Å²) >= 11 is 7.16. The number of rotatable bonds is 8. The van der Waals surface area contributed by atoms with Crippen molar-refractivity contribution in [3.8, 4) is 0 Å². The van der Waals surface area contributed by atoms with Gasteiger partial charge in [-0.3, -0.25) is 19.3 Å². The molecule has 0 fully saturated rings. The first-order valence-electron chi connectivity index (χ1n) is 11.7. The summed E-state index contributed by atoms with van der Waals surface area (Å²) in [5.74, 6) is -0.690. The highest BCUT2D eigenvalue weighted by Gasteiger charge is 2.39. The molecule has 1 aromatic heterocycles. The molecule has 0 aliphatic carbocycles. The van der Waals surface area contributed by atoms with Crippen LogP contribution in [-0.2, 0) is 16.1 Å². The number of amides is 3. The summed E-state index contributed by atoms with van der Waals surface area (Å²) in [6.45, 7) is 1.99. The van der Waals surface area contributed by atoms with E-state index in [-0.39, 0.29) is 23.1 Å². The summed E-state index contributed by atoms with van der Waals surface area (Å²) in [6, 6.07) is 24.7. The summed E-state index contributed by atoms with van der Waals surface area (Å²) in [6.07, 6.45) is 1.50. The van der Waals surface area contributed by atoms with Gasteiger partial charge >= 0.3 is 0 Å². The minimum Gasteiger partial charge on any atom is -0.467 e. The maximum absolute atomic E-state index is 13.4. The number of hydrogen-bond acceptors (Lipinski definition) is 6. The number of halogens is 1. The number of anilines is 2. The van der Waals surface area contributed by atoms with Crippen molar-refractivity contribution in [2.45, 2.75) is 18.4 Å². The predicted octanol–water partition coefficient (Wildman–Crippen LogP) is 6.48. The monoisotopic (exact) mass is 543 g/mol. The molecular formula is C29H22ClN3O4S. The van der Waals surface area contributed by atoms with Crippen molar-refractivity contribution in [3.05, 3.63) is 124 Å². The zero-order valence-corrected chi connectivity index (χ0v) is 21.8. The van der Waals surface area contributed by atoms with Crippen molar-refractivity contribution in [2.75, 3.05) is 10.6 Å². The van der Waals surface area contributed by atoms with Crippen molar-refractivity contribution in [1.82, 2.24) is 4.90 Å². The van der Waals surface area contributed by atoms with Crippen LogP contribution in [0.5, 0.6) is 0 Å². The molecule has 7 nitrogen and oxygen atoms in total. The lowest BCUT2D eigenvalue weighted by Crippen LogP contribution is -2.31. The molecule has 1 aliphatic rings. The van der Waals surface area contributed by atoms with Crippen LogP contribution in [0, 0.1) is 6.92 Å². The molecule has 3 amide bonds. The van der Waals surface area contributed by atoms with Gasteiger partial charge in [-0.25, -0.2) is 0 Å². The van der Waals surface area contributed by atoms with E-state index < -0.39 is 11.8 Å². The molecule has 0 saturated carbocycles. The molecule has 9 heteroatoms. The Bertz CT molecular complexity index is 1550. The van der Waals surface area contributed by atoms with E-state index in [1.54, 1.807) is 54.6 Å². The van der Waals surface area contributed by atoms with Gasteiger partial charge in [0.1, 0.15) is 16.4 Å². The molecule has 2 N–H and O–H groups in total. The number of thioether (sulfide) groups is 1. The normalized spacial score (nSPS) is 13.3. The summed E-state index contributed by atoms with van der Waals surface area (Å²) < 4.78 is 5.37. The molecule has 190 valence electrons. The summed E-state index contributed by atoms with van der Waals surface area (Å²) in [4.78, 5) is 41.6. The van der Waals surface area contributed by atoms with Gasteiger partial charge < -0.3 is 15.1 Å². The topological polar surface area (TPSA) is 91.7 Å². The van der Waals surface area contributed by atoms with Gasteiger partial charge in [-0.05, 0) is 67.6 Å². The number of carbonyl (C=O) groups excluding carboxylic acids is 3. The molecular weight excluding hydrogens is 522 g/mol. The van der Waals surface area contributed by atoms with Crippen molar-refractivity contribution in [3.63, 3.8) is 0 Å². The first kappa shape index (κ1) is 25.4. The lowest BCUT2D eigenvalue weighted by molar-refractivity contribution is -0.138. The maximum atomic E-state index is 13.4. The third-order valence-electron chi connectivity index (χ3n) is 5.74. The highest BCUT2D eigenvalue weighted by Crippen LogP contribution is 2.37. The van der Waals surface area contributed by atoms with E-state index in [1.807, 2.05) is 37.3 Å². The lowest BCUT2D eigenvalue weighted by atomic mass is 10.2.